The van der Waals surface area contributed by atoms with E-state index in [0.29, 0.717) is 5.69 Å². The van der Waals surface area contributed by atoms with Gasteiger partial charge < -0.3 is 20.9 Å². The number of nitrogens with zero attached hydrogens (tertiary/aromatic N) is 1. The quantitative estimate of drug-likeness (QED) is 0.570. The van der Waals surface area contributed by atoms with Crippen LogP contribution in [0.2, 0.25) is 0 Å². The van der Waals surface area contributed by atoms with Crippen molar-refractivity contribution in [3.05, 3.63) is 66.5 Å². The lowest BCUT2D eigenvalue weighted by molar-refractivity contribution is -0.131. The normalized spacial score (nSPS) is 14.8. The third kappa shape index (κ3) is 3.73. The number of carbonyl (C=O) groups is 2. The molecule has 1 atom stereocenters. The molecule has 4 N–H and O–H groups in total. The van der Waals surface area contributed by atoms with E-state index in [4.69, 9.17) is 10.4 Å². The number of fused-ring (bicyclic) bond motifs is 1. The van der Waals surface area contributed by atoms with Crippen LogP contribution in [0.4, 0.5) is 5.69 Å². The van der Waals surface area contributed by atoms with Crippen molar-refractivity contribution < 1.29 is 14.2 Å². The van der Waals surface area contributed by atoms with E-state index >= 15 is 0 Å². The van der Waals surface area contributed by atoms with Gasteiger partial charge in [0.15, 0.2) is 0 Å². The minimum atomic E-state index is -0.523. The Balaban J connectivity index is 1.54. The number of carbonyl (C=O) groups excluding carboxylic acids is 2. The fourth-order valence-electron chi connectivity index (χ4n) is 3.30. The van der Waals surface area contributed by atoms with Crippen LogP contribution >= 0.6 is 0 Å². The summed E-state index contributed by atoms with van der Waals surface area (Å²) in [7, 11) is -0.497. The average Bonchev–Trinajstić information content (AvgIpc) is 3.15. The fourth-order valence-corrected chi connectivity index (χ4v) is 3.30. The molecule has 1 saturated heterocycles. The summed E-state index contributed by atoms with van der Waals surface area (Å²) >= 11 is 0. The molecule has 2 aromatic carbocycles. The number of hydrogen-bond acceptors (Lipinski definition) is 6. The first-order chi connectivity index (χ1) is 13.6. The minimum absolute atomic E-state index is 0.157. The van der Waals surface area contributed by atoms with Gasteiger partial charge in [-0.2, -0.15) is 0 Å². The maximum absolute atomic E-state index is 12.9. The van der Waals surface area contributed by atoms with Gasteiger partial charge in [-0.3, -0.25) is 14.6 Å². The third-order valence-corrected chi connectivity index (χ3v) is 4.76. The van der Waals surface area contributed by atoms with Crippen molar-refractivity contribution in [3.63, 3.8) is 0 Å². The smallest absolute Gasteiger partial charge is 0.485 e. The minimum Gasteiger partial charge on any atom is -0.515 e. The first-order valence-corrected chi connectivity index (χ1v) is 9.01. The van der Waals surface area contributed by atoms with E-state index in [1.807, 2.05) is 48.5 Å². The summed E-state index contributed by atoms with van der Waals surface area (Å²) in [5, 5.41) is 7.92. The SMILES string of the molecule is NCC(C(=O)Nc1ccc2cnccc2c1)c1cccc(B2NCC(=O)O2)c1. The summed E-state index contributed by atoms with van der Waals surface area (Å²) in [6, 6.07) is 14.9. The van der Waals surface area contributed by atoms with E-state index in [9.17, 15) is 9.59 Å². The maximum atomic E-state index is 12.9. The Morgan fingerprint density at radius 3 is 2.93 bits per heavy atom. The lowest BCUT2D eigenvalue weighted by Crippen LogP contribution is -2.41. The molecule has 1 aliphatic rings. The number of nitrogens with one attached hydrogen (secondary N) is 2. The molecule has 0 bridgehead atoms. The largest absolute Gasteiger partial charge is 0.515 e. The zero-order valence-corrected chi connectivity index (χ0v) is 15.1. The molecule has 0 spiro atoms. The molecule has 1 fully saturated rings. The molecule has 140 valence electrons. The Morgan fingerprint density at radius 1 is 1.25 bits per heavy atom. The van der Waals surface area contributed by atoms with Crippen molar-refractivity contribution in [2.45, 2.75) is 5.92 Å². The molecule has 3 aromatic rings. The number of pyridine rings is 1. The van der Waals surface area contributed by atoms with Gasteiger partial charge in [0.1, 0.15) is 0 Å². The highest BCUT2D eigenvalue weighted by atomic mass is 16.5. The highest BCUT2D eigenvalue weighted by Gasteiger charge is 2.31. The molecule has 8 heteroatoms. The van der Waals surface area contributed by atoms with Gasteiger partial charge in [-0.05, 0) is 34.6 Å². The van der Waals surface area contributed by atoms with Crippen LogP contribution in [0.15, 0.2) is 60.9 Å². The van der Waals surface area contributed by atoms with Gasteiger partial charge in [0.25, 0.3) is 0 Å². The lowest BCUT2D eigenvalue weighted by atomic mass is 9.73. The van der Waals surface area contributed by atoms with Crippen LogP contribution in [0.5, 0.6) is 0 Å². The van der Waals surface area contributed by atoms with Crippen molar-refractivity contribution in [2.24, 2.45) is 5.73 Å². The van der Waals surface area contributed by atoms with Crippen molar-refractivity contribution >= 4 is 40.8 Å². The number of nitrogens with two attached hydrogens (primary N) is 1. The molecule has 2 heterocycles. The number of rotatable bonds is 5. The van der Waals surface area contributed by atoms with E-state index in [1.165, 1.54) is 0 Å². The van der Waals surface area contributed by atoms with Crippen LogP contribution in [0.3, 0.4) is 0 Å². The zero-order chi connectivity index (χ0) is 19.5. The van der Waals surface area contributed by atoms with E-state index in [2.05, 4.69) is 15.5 Å². The Kier molecular flexibility index (Phi) is 5.05. The molecule has 1 aliphatic heterocycles. The first-order valence-electron chi connectivity index (χ1n) is 9.01. The number of benzene rings is 2. The van der Waals surface area contributed by atoms with E-state index in [-0.39, 0.29) is 25.0 Å². The highest BCUT2D eigenvalue weighted by Crippen LogP contribution is 2.21. The number of anilines is 1. The van der Waals surface area contributed by atoms with Crippen molar-refractivity contribution in [3.8, 4) is 0 Å². The second kappa shape index (κ2) is 7.79. The van der Waals surface area contributed by atoms with Crippen LogP contribution in [0.1, 0.15) is 11.5 Å². The second-order valence-electron chi connectivity index (χ2n) is 6.64. The van der Waals surface area contributed by atoms with Crippen LogP contribution in [-0.2, 0) is 14.2 Å². The van der Waals surface area contributed by atoms with Crippen LogP contribution in [0, 0.1) is 0 Å². The summed E-state index contributed by atoms with van der Waals surface area (Å²) in [4.78, 5) is 28.3. The second-order valence-corrected chi connectivity index (χ2v) is 6.64. The van der Waals surface area contributed by atoms with E-state index < -0.39 is 13.0 Å². The molecular formula is C20H19BN4O3. The predicted octanol–water partition coefficient (Wildman–Crippen LogP) is 0.757. The van der Waals surface area contributed by atoms with Crippen LogP contribution < -0.4 is 21.7 Å². The van der Waals surface area contributed by atoms with Crippen LogP contribution in [-0.4, -0.2) is 37.0 Å². The molecule has 7 nitrogen and oxygen atoms in total. The molecule has 1 amide bonds. The Bertz CT molecular complexity index is 1040. The van der Waals surface area contributed by atoms with Crippen molar-refractivity contribution in [1.82, 2.24) is 10.2 Å². The van der Waals surface area contributed by atoms with Gasteiger partial charge in [0, 0.05) is 30.0 Å². The summed E-state index contributed by atoms with van der Waals surface area (Å²) in [5.74, 6) is -1.01. The Labute approximate surface area is 162 Å². The first kappa shape index (κ1) is 18.2. The third-order valence-electron chi connectivity index (χ3n) is 4.76. The van der Waals surface area contributed by atoms with Crippen molar-refractivity contribution in [2.75, 3.05) is 18.4 Å². The van der Waals surface area contributed by atoms with Gasteiger partial charge in [0.2, 0.25) is 5.91 Å². The van der Waals surface area contributed by atoms with Gasteiger partial charge in [0.05, 0.1) is 12.5 Å². The lowest BCUT2D eigenvalue weighted by Gasteiger charge is -2.17. The Hall–Kier alpha value is -3.23. The van der Waals surface area contributed by atoms with E-state index in [1.54, 1.807) is 12.4 Å². The fraction of sp³-hybridized carbons (Fsp3) is 0.150. The number of amides is 1. The van der Waals surface area contributed by atoms with Gasteiger partial charge in [-0.1, -0.05) is 30.3 Å². The summed E-state index contributed by atoms with van der Waals surface area (Å²) in [6.07, 6.45) is 3.49. The highest BCUT2D eigenvalue weighted by molar-refractivity contribution is 6.68. The Morgan fingerprint density at radius 2 is 2.14 bits per heavy atom. The van der Waals surface area contributed by atoms with Crippen molar-refractivity contribution in [1.29, 1.82) is 0 Å². The molecule has 28 heavy (non-hydrogen) atoms. The topological polar surface area (TPSA) is 106 Å². The molecular weight excluding hydrogens is 355 g/mol. The summed E-state index contributed by atoms with van der Waals surface area (Å²) in [5.41, 5.74) is 8.16. The zero-order valence-electron chi connectivity index (χ0n) is 15.1. The molecule has 0 saturated carbocycles. The molecule has 1 aromatic heterocycles. The van der Waals surface area contributed by atoms with E-state index in [0.717, 1.165) is 21.8 Å². The molecule has 0 aliphatic carbocycles. The standard InChI is InChI=1S/C20H19BN4O3/c22-10-18(14-2-1-3-16(8-14)21-24-12-19(26)28-21)20(27)25-17-5-4-15-11-23-7-6-13(15)9-17/h1-9,11,18,24H,10,12,22H2,(H,25,27). The number of hydrogen-bond donors (Lipinski definition) is 3. The van der Waals surface area contributed by atoms with Gasteiger partial charge >= 0.3 is 13.0 Å². The molecule has 4 rings (SSSR count). The van der Waals surface area contributed by atoms with Crippen LogP contribution in [0.25, 0.3) is 10.8 Å². The summed E-state index contributed by atoms with van der Waals surface area (Å²) < 4.78 is 5.23. The average molecular weight is 374 g/mol. The maximum Gasteiger partial charge on any atom is 0.485 e. The molecule has 0 radical (unpaired) electrons. The predicted molar refractivity (Wildman–Crippen MR) is 108 cm³/mol. The molecule has 1 unspecified atom stereocenters. The summed E-state index contributed by atoms with van der Waals surface area (Å²) in [6.45, 7) is 0.331. The van der Waals surface area contributed by atoms with Gasteiger partial charge in [-0.25, -0.2) is 0 Å². The van der Waals surface area contributed by atoms with Gasteiger partial charge in [-0.15, -0.1) is 0 Å². The monoisotopic (exact) mass is 374 g/mol. The number of aromatic nitrogens is 1.